The van der Waals surface area contributed by atoms with Gasteiger partial charge in [0.25, 0.3) is 5.56 Å². The molecule has 7 nitrogen and oxygen atoms in total. The van der Waals surface area contributed by atoms with Gasteiger partial charge in [-0.05, 0) is 18.2 Å². The zero-order valence-corrected chi connectivity index (χ0v) is 13.4. The summed E-state index contributed by atoms with van der Waals surface area (Å²) in [6, 6.07) is 4.17. The Morgan fingerprint density at radius 2 is 2.29 bits per heavy atom. The highest BCUT2D eigenvalue weighted by Gasteiger charge is 2.29. The number of benzene rings is 1. The lowest BCUT2D eigenvalue weighted by Crippen LogP contribution is -2.24. The SMILES string of the molecule is C=CCn1c(SC2CCOC2=O)nc2cc(C(=O)O)ccc2c1=O. The molecule has 2 aromatic rings. The number of carboxylic acid groups (broad SMARTS) is 1. The van der Waals surface area contributed by atoms with Crippen molar-refractivity contribution in [3.05, 3.63) is 46.8 Å². The van der Waals surface area contributed by atoms with E-state index in [0.29, 0.717) is 23.6 Å². The quantitative estimate of drug-likeness (QED) is 0.500. The van der Waals surface area contributed by atoms with Gasteiger partial charge in [-0.25, -0.2) is 9.78 Å². The summed E-state index contributed by atoms with van der Waals surface area (Å²) in [5.74, 6) is -1.43. The molecule has 124 valence electrons. The number of ether oxygens (including phenoxy) is 1. The molecule has 1 atom stereocenters. The van der Waals surface area contributed by atoms with Gasteiger partial charge in [0.2, 0.25) is 0 Å². The van der Waals surface area contributed by atoms with Crippen LogP contribution < -0.4 is 5.56 Å². The Balaban J connectivity index is 2.15. The van der Waals surface area contributed by atoms with Crippen LogP contribution in [0.3, 0.4) is 0 Å². The summed E-state index contributed by atoms with van der Waals surface area (Å²) in [7, 11) is 0. The van der Waals surface area contributed by atoms with Crippen LogP contribution in [0.15, 0.2) is 40.8 Å². The van der Waals surface area contributed by atoms with Gasteiger partial charge in [0, 0.05) is 13.0 Å². The van der Waals surface area contributed by atoms with E-state index in [1.807, 2.05) is 0 Å². The number of allylic oxidation sites excluding steroid dienone is 1. The highest BCUT2D eigenvalue weighted by atomic mass is 32.2. The van der Waals surface area contributed by atoms with Crippen LogP contribution in [0.25, 0.3) is 10.9 Å². The van der Waals surface area contributed by atoms with E-state index in [4.69, 9.17) is 9.84 Å². The standard InChI is InChI=1S/C16H14N2O5S/c1-2-6-18-13(19)10-4-3-9(14(20)21)8-11(10)17-16(18)24-12-5-7-23-15(12)22/h2-4,8,12H,1,5-7H2,(H,20,21). The van der Waals surface area contributed by atoms with Crippen molar-refractivity contribution in [1.29, 1.82) is 0 Å². The third kappa shape index (κ3) is 2.92. The molecule has 0 radical (unpaired) electrons. The minimum absolute atomic E-state index is 0.0482. The van der Waals surface area contributed by atoms with Crippen LogP contribution in [0, 0.1) is 0 Å². The average Bonchev–Trinajstić information content (AvgIpc) is 2.95. The number of cyclic esters (lactones) is 1. The number of esters is 1. The molecular weight excluding hydrogens is 332 g/mol. The number of aromatic carboxylic acids is 1. The third-order valence-electron chi connectivity index (χ3n) is 3.61. The number of fused-ring (bicyclic) bond motifs is 1. The van der Waals surface area contributed by atoms with Crippen molar-refractivity contribution in [2.24, 2.45) is 0 Å². The maximum Gasteiger partial charge on any atom is 0.335 e. The molecule has 3 rings (SSSR count). The molecular formula is C16H14N2O5S. The zero-order chi connectivity index (χ0) is 17.3. The molecule has 1 aromatic carbocycles. The highest BCUT2D eigenvalue weighted by Crippen LogP contribution is 2.28. The molecule has 0 bridgehead atoms. The molecule has 1 N–H and O–H groups in total. The Hall–Kier alpha value is -2.61. The summed E-state index contributed by atoms with van der Waals surface area (Å²) >= 11 is 1.15. The van der Waals surface area contributed by atoms with E-state index in [1.165, 1.54) is 22.8 Å². The second-order valence-corrected chi connectivity index (χ2v) is 6.37. The Morgan fingerprint density at radius 3 is 2.92 bits per heavy atom. The number of aromatic nitrogens is 2. The van der Waals surface area contributed by atoms with Gasteiger partial charge in [0.15, 0.2) is 5.16 Å². The normalized spacial score (nSPS) is 17.0. The van der Waals surface area contributed by atoms with Gasteiger partial charge in [0.05, 0.1) is 23.1 Å². The fraction of sp³-hybridized carbons (Fsp3) is 0.250. The number of thioether (sulfide) groups is 1. The molecule has 8 heteroatoms. The number of nitrogens with zero attached hydrogens (tertiary/aromatic N) is 2. The number of hydrogen-bond donors (Lipinski definition) is 1. The van der Waals surface area contributed by atoms with Gasteiger partial charge >= 0.3 is 11.9 Å². The van der Waals surface area contributed by atoms with Gasteiger partial charge in [-0.2, -0.15) is 0 Å². The molecule has 1 saturated heterocycles. The maximum atomic E-state index is 12.7. The molecule has 0 saturated carbocycles. The van der Waals surface area contributed by atoms with E-state index >= 15 is 0 Å². The van der Waals surface area contributed by atoms with E-state index in [9.17, 15) is 14.4 Å². The van der Waals surface area contributed by atoms with Crippen molar-refractivity contribution < 1.29 is 19.4 Å². The number of carbonyl (C=O) groups excluding carboxylic acids is 1. The molecule has 1 aromatic heterocycles. The van der Waals surface area contributed by atoms with Crippen LogP contribution in [-0.4, -0.2) is 38.5 Å². The van der Waals surface area contributed by atoms with Crippen LogP contribution >= 0.6 is 11.8 Å². The largest absolute Gasteiger partial charge is 0.478 e. The lowest BCUT2D eigenvalue weighted by atomic mass is 10.1. The Bertz CT molecular complexity index is 905. The van der Waals surface area contributed by atoms with E-state index in [-0.39, 0.29) is 29.2 Å². The number of rotatable bonds is 5. The van der Waals surface area contributed by atoms with E-state index < -0.39 is 11.2 Å². The molecule has 0 amide bonds. The zero-order valence-electron chi connectivity index (χ0n) is 12.6. The predicted molar refractivity (Wildman–Crippen MR) is 88.4 cm³/mol. The van der Waals surface area contributed by atoms with Crippen LogP contribution in [0.1, 0.15) is 16.8 Å². The molecule has 2 heterocycles. The summed E-state index contributed by atoms with van der Waals surface area (Å²) < 4.78 is 6.36. The highest BCUT2D eigenvalue weighted by molar-refractivity contribution is 8.00. The lowest BCUT2D eigenvalue weighted by Gasteiger charge is -2.13. The molecule has 0 aliphatic carbocycles. The molecule has 1 fully saturated rings. The summed E-state index contributed by atoms with van der Waals surface area (Å²) in [6.07, 6.45) is 2.11. The van der Waals surface area contributed by atoms with Gasteiger partial charge in [-0.1, -0.05) is 17.8 Å². The molecule has 1 aliphatic rings. The predicted octanol–water partition coefficient (Wildman–Crippen LogP) is 1.69. The van der Waals surface area contributed by atoms with E-state index in [1.54, 1.807) is 6.08 Å². The van der Waals surface area contributed by atoms with Gasteiger partial charge in [-0.3, -0.25) is 14.2 Å². The van der Waals surface area contributed by atoms with Crippen molar-refractivity contribution in [3.63, 3.8) is 0 Å². The van der Waals surface area contributed by atoms with Gasteiger partial charge in [0.1, 0.15) is 5.25 Å². The fourth-order valence-corrected chi connectivity index (χ4v) is 3.49. The third-order valence-corrected chi connectivity index (χ3v) is 4.85. The first kappa shape index (κ1) is 16.3. The van der Waals surface area contributed by atoms with Crippen molar-refractivity contribution >= 4 is 34.6 Å². The first-order chi connectivity index (χ1) is 11.5. The monoisotopic (exact) mass is 346 g/mol. The van der Waals surface area contributed by atoms with E-state index in [2.05, 4.69) is 11.6 Å². The van der Waals surface area contributed by atoms with Crippen LogP contribution in [0.2, 0.25) is 0 Å². The van der Waals surface area contributed by atoms with Crippen molar-refractivity contribution in [2.45, 2.75) is 23.4 Å². The molecule has 1 unspecified atom stereocenters. The summed E-state index contributed by atoms with van der Waals surface area (Å²) in [5.41, 5.74) is 0.0341. The second kappa shape index (κ2) is 6.48. The first-order valence-electron chi connectivity index (χ1n) is 7.23. The Morgan fingerprint density at radius 1 is 1.50 bits per heavy atom. The number of carbonyl (C=O) groups is 2. The first-order valence-corrected chi connectivity index (χ1v) is 8.11. The molecule has 24 heavy (non-hydrogen) atoms. The number of hydrogen-bond acceptors (Lipinski definition) is 6. The van der Waals surface area contributed by atoms with Crippen LogP contribution in [0.4, 0.5) is 0 Å². The van der Waals surface area contributed by atoms with Crippen LogP contribution in [-0.2, 0) is 16.1 Å². The van der Waals surface area contributed by atoms with Gasteiger partial charge in [-0.15, -0.1) is 6.58 Å². The second-order valence-electron chi connectivity index (χ2n) is 5.20. The Labute approximate surface area is 141 Å². The van der Waals surface area contributed by atoms with Crippen molar-refractivity contribution in [1.82, 2.24) is 9.55 Å². The Kier molecular flexibility index (Phi) is 4.39. The van der Waals surface area contributed by atoms with Crippen molar-refractivity contribution in [2.75, 3.05) is 6.61 Å². The van der Waals surface area contributed by atoms with Gasteiger partial charge < -0.3 is 9.84 Å². The minimum Gasteiger partial charge on any atom is -0.478 e. The summed E-state index contributed by atoms with van der Waals surface area (Å²) in [4.78, 5) is 39.9. The molecule has 1 aliphatic heterocycles. The fourth-order valence-electron chi connectivity index (χ4n) is 2.43. The minimum atomic E-state index is -1.09. The van der Waals surface area contributed by atoms with Crippen LogP contribution in [0.5, 0.6) is 0 Å². The topological polar surface area (TPSA) is 98.5 Å². The molecule has 0 spiro atoms. The maximum absolute atomic E-state index is 12.7. The smallest absolute Gasteiger partial charge is 0.335 e. The number of carboxylic acids is 1. The lowest BCUT2D eigenvalue weighted by molar-refractivity contribution is -0.137. The summed E-state index contributed by atoms with van der Waals surface area (Å²) in [5, 5.41) is 9.34. The summed E-state index contributed by atoms with van der Waals surface area (Å²) in [6.45, 7) is 4.23. The van der Waals surface area contributed by atoms with Crippen molar-refractivity contribution in [3.8, 4) is 0 Å². The average molecular weight is 346 g/mol. The van der Waals surface area contributed by atoms with E-state index in [0.717, 1.165) is 11.8 Å².